The summed E-state index contributed by atoms with van der Waals surface area (Å²) in [5.41, 5.74) is 13.5. The van der Waals surface area contributed by atoms with Crippen molar-refractivity contribution in [3.63, 3.8) is 0 Å². The number of nitrogens with zero attached hydrogens (tertiary/aromatic N) is 6. The van der Waals surface area contributed by atoms with Crippen LogP contribution in [0.15, 0.2) is 298 Å². The van der Waals surface area contributed by atoms with Crippen molar-refractivity contribution in [2.45, 2.75) is 6.18 Å². The van der Waals surface area contributed by atoms with E-state index in [1.54, 1.807) is 27.6 Å². The van der Waals surface area contributed by atoms with Crippen LogP contribution in [0.4, 0.5) is 22.0 Å². The lowest BCUT2D eigenvalue weighted by atomic mass is 9.96. The van der Waals surface area contributed by atoms with Crippen molar-refractivity contribution in [1.29, 1.82) is 0 Å². The number of rotatable bonds is 11. The van der Waals surface area contributed by atoms with Crippen LogP contribution in [0.2, 0.25) is 0 Å². The van der Waals surface area contributed by atoms with E-state index >= 15 is 22.0 Å². The van der Waals surface area contributed by atoms with Crippen molar-refractivity contribution in [3.8, 4) is 112 Å². The Morgan fingerprint density at radius 1 is 0.261 bits per heavy atom. The second kappa shape index (κ2) is 22.6. The molecule has 0 unspecified atom stereocenters. The average molecular weight is 1200 g/mol. The third kappa shape index (κ3) is 10.0. The van der Waals surface area contributed by atoms with E-state index in [1.807, 2.05) is 255 Å². The Bertz CT molecular complexity index is 5160. The Balaban J connectivity index is 0.942. The van der Waals surface area contributed by atoms with E-state index in [1.165, 1.54) is 6.07 Å². The summed E-state index contributed by atoms with van der Waals surface area (Å²) in [6.45, 7) is 0. The fraction of sp³-hybridized carbons (Fsp3) is 0.0123. The molecule has 0 radical (unpaired) electrons. The minimum absolute atomic E-state index is 0.0453. The molecule has 92 heavy (non-hydrogen) atoms. The lowest BCUT2D eigenvalue weighted by Crippen LogP contribution is -2.17. The van der Waals surface area contributed by atoms with Crippen LogP contribution in [0.5, 0.6) is 0 Å². The minimum Gasteiger partial charge on any atom is -0.309 e. The lowest BCUT2D eigenvalue weighted by Gasteiger charge is -2.24. The fourth-order valence-electron chi connectivity index (χ4n) is 12.9. The van der Waals surface area contributed by atoms with Gasteiger partial charge in [0, 0.05) is 102 Å². The Morgan fingerprint density at radius 2 is 0.565 bits per heavy atom. The first-order valence-corrected chi connectivity index (χ1v) is 30.0. The maximum absolute atomic E-state index is 17.5. The summed E-state index contributed by atoms with van der Waals surface area (Å²) < 4.78 is 87.3. The molecule has 16 rings (SSSR count). The molecule has 0 atom stereocenters. The van der Waals surface area contributed by atoms with E-state index in [0.29, 0.717) is 43.6 Å². The molecule has 0 spiro atoms. The predicted octanol–water partition coefficient (Wildman–Crippen LogP) is 21.8. The van der Waals surface area contributed by atoms with Gasteiger partial charge in [0.1, 0.15) is 17.2 Å². The molecule has 0 aliphatic rings. The molecule has 11 heteroatoms. The first kappa shape index (κ1) is 55.4. The second-order valence-electron chi connectivity index (χ2n) is 22.8. The first-order valence-electron chi connectivity index (χ1n) is 30.0. The van der Waals surface area contributed by atoms with E-state index in [-0.39, 0.29) is 22.5 Å². The number of hydrogen-bond acceptors (Lipinski definition) is 4. The van der Waals surface area contributed by atoms with Gasteiger partial charge in [-0.3, -0.25) is 19.9 Å². The highest BCUT2D eigenvalue weighted by molar-refractivity contribution is 6.14. The van der Waals surface area contributed by atoms with Gasteiger partial charge in [-0.25, -0.2) is 8.78 Å². The van der Waals surface area contributed by atoms with Gasteiger partial charge in [-0.15, -0.1) is 0 Å². The smallest absolute Gasteiger partial charge is 0.309 e. The van der Waals surface area contributed by atoms with Crippen molar-refractivity contribution >= 4 is 43.6 Å². The summed E-state index contributed by atoms with van der Waals surface area (Å²) >= 11 is 0. The van der Waals surface area contributed by atoms with Gasteiger partial charge in [0.25, 0.3) is 0 Å². The quantitative estimate of drug-likeness (QED) is 0.121. The molecule has 0 aliphatic carbocycles. The number of hydrogen-bond donors (Lipinski definition) is 0. The molecular formula is C81H49F5N6. The van der Waals surface area contributed by atoms with Crippen LogP contribution in [-0.2, 0) is 6.18 Å². The second-order valence-corrected chi connectivity index (χ2v) is 22.8. The molecule has 6 heterocycles. The van der Waals surface area contributed by atoms with Crippen LogP contribution in [0, 0.1) is 11.6 Å². The minimum atomic E-state index is -5.10. The average Bonchev–Trinajstić information content (AvgIpc) is 1.51. The number of aromatic nitrogens is 6. The summed E-state index contributed by atoms with van der Waals surface area (Å²) in [7, 11) is 0. The van der Waals surface area contributed by atoms with Gasteiger partial charge in [-0.2, -0.15) is 13.2 Å². The maximum Gasteiger partial charge on any atom is 0.420 e. The maximum atomic E-state index is 17.5. The molecule has 438 valence electrons. The van der Waals surface area contributed by atoms with Crippen LogP contribution in [0.25, 0.3) is 156 Å². The molecule has 0 aliphatic heterocycles. The van der Waals surface area contributed by atoms with E-state index in [0.717, 1.165) is 108 Å². The Labute approximate surface area is 525 Å². The third-order valence-corrected chi connectivity index (χ3v) is 17.3. The summed E-state index contributed by atoms with van der Waals surface area (Å²) in [5.74, 6) is -1.88. The van der Waals surface area contributed by atoms with Gasteiger partial charge in [0.15, 0.2) is 0 Å². The molecule has 6 nitrogen and oxygen atoms in total. The molecule has 0 amide bonds. The van der Waals surface area contributed by atoms with Crippen LogP contribution in [0.1, 0.15) is 5.56 Å². The standard InChI is InChI=1S/C81H49F5N6/c82-63-39-62(40-64(83)45-63)65-29-38-78(91-74-34-25-54(58-21-30-70(87-46-58)50-13-5-1-6-14-50)41-66(74)67-42-55(26-35-75(67)91)59-22-31-71(88-47-59)51-15-7-2-8-16-51)79(81(84,85)86)80(65)92-76-36-27-56(60-23-32-72(89-48-60)52-17-9-3-10-18-52)43-68(76)69-44-57(28-37-77(69)92)61-24-33-73(90-49-61)53-19-11-4-12-20-53/h1-49H. The zero-order valence-corrected chi connectivity index (χ0v) is 48.9. The molecule has 0 saturated carbocycles. The molecule has 0 bridgehead atoms. The summed E-state index contributed by atoms with van der Waals surface area (Å²) in [6.07, 6.45) is 2.11. The normalized spacial score (nSPS) is 11.8. The van der Waals surface area contributed by atoms with Crippen molar-refractivity contribution in [2.24, 2.45) is 0 Å². The molecule has 10 aromatic carbocycles. The largest absolute Gasteiger partial charge is 0.420 e. The molecule has 0 saturated heterocycles. The Hall–Kier alpha value is -12.0. The molecule has 6 aromatic heterocycles. The van der Waals surface area contributed by atoms with Gasteiger partial charge >= 0.3 is 6.18 Å². The van der Waals surface area contributed by atoms with Crippen LogP contribution in [-0.4, -0.2) is 29.1 Å². The molecule has 0 N–H and O–H groups in total. The van der Waals surface area contributed by atoms with E-state index in [9.17, 15) is 0 Å². The summed E-state index contributed by atoms with van der Waals surface area (Å²) in [4.78, 5) is 19.4. The van der Waals surface area contributed by atoms with Crippen LogP contribution in [0.3, 0.4) is 0 Å². The fourth-order valence-corrected chi connectivity index (χ4v) is 12.9. The zero-order valence-electron chi connectivity index (χ0n) is 48.9. The number of halogens is 5. The summed E-state index contributed by atoms with van der Waals surface area (Å²) in [6, 6.07) is 83.9. The van der Waals surface area contributed by atoms with Gasteiger partial charge < -0.3 is 9.13 Å². The van der Waals surface area contributed by atoms with Crippen molar-refractivity contribution in [3.05, 3.63) is 315 Å². The monoisotopic (exact) mass is 1200 g/mol. The molecule has 16 aromatic rings. The summed E-state index contributed by atoms with van der Waals surface area (Å²) in [5, 5.41) is 2.62. The highest BCUT2D eigenvalue weighted by Gasteiger charge is 2.41. The van der Waals surface area contributed by atoms with Crippen molar-refractivity contribution in [1.82, 2.24) is 29.1 Å². The first-order chi connectivity index (χ1) is 45.0. The highest BCUT2D eigenvalue weighted by atomic mass is 19.4. The lowest BCUT2D eigenvalue weighted by molar-refractivity contribution is -0.137. The van der Waals surface area contributed by atoms with Gasteiger partial charge in [-0.1, -0.05) is 176 Å². The predicted molar refractivity (Wildman–Crippen MR) is 360 cm³/mol. The van der Waals surface area contributed by atoms with Gasteiger partial charge in [-0.05, 0) is 119 Å². The SMILES string of the molecule is Fc1cc(F)cc(-c2ccc(-n3c4ccc(-c5ccc(-c6ccccc6)nc5)cc4c4cc(-c5ccc(-c6ccccc6)nc5)ccc43)c(C(F)(F)F)c2-n2c3ccc(-c4ccc(-c5ccccc5)nc4)cc3c3cc(-c4ccc(-c5ccccc5)nc4)ccc32)c1. The molecule has 0 fully saturated rings. The number of alkyl halides is 3. The number of benzene rings is 10. The van der Waals surface area contributed by atoms with Crippen molar-refractivity contribution < 1.29 is 22.0 Å². The highest BCUT2D eigenvalue weighted by Crippen LogP contribution is 2.49. The topological polar surface area (TPSA) is 61.4 Å². The Morgan fingerprint density at radius 3 is 0.859 bits per heavy atom. The Kier molecular flexibility index (Phi) is 13.6. The zero-order chi connectivity index (χ0) is 62.0. The number of fused-ring (bicyclic) bond motifs is 6. The van der Waals surface area contributed by atoms with Crippen LogP contribution >= 0.6 is 0 Å². The van der Waals surface area contributed by atoms with Gasteiger partial charge in [0.2, 0.25) is 0 Å². The van der Waals surface area contributed by atoms with E-state index in [4.69, 9.17) is 19.9 Å². The molecular weight excluding hydrogens is 1150 g/mol. The van der Waals surface area contributed by atoms with E-state index < -0.39 is 23.4 Å². The van der Waals surface area contributed by atoms with Crippen molar-refractivity contribution in [2.75, 3.05) is 0 Å². The van der Waals surface area contributed by atoms with E-state index in [2.05, 4.69) is 0 Å². The number of pyridine rings is 4. The van der Waals surface area contributed by atoms with Gasteiger partial charge in [0.05, 0.1) is 56.2 Å². The van der Waals surface area contributed by atoms with Crippen LogP contribution < -0.4 is 0 Å². The third-order valence-electron chi connectivity index (χ3n) is 17.3.